The summed E-state index contributed by atoms with van der Waals surface area (Å²) in [6.07, 6.45) is 8.64. The van der Waals surface area contributed by atoms with E-state index in [0.717, 1.165) is 11.3 Å². The van der Waals surface area contributed by atoms with Crippen LogP contribution in [0.25, 0.3) is 0 Å². The second kappa shape index (κ2) is 4.24. The Bertz CT molecular complexity index is 175. The minimum atomic E-state index is 0.529. The molecule has 2 unspecified atom stereocenters. The van der Waals surface area contributed by atoms with Gasteiger partial charge in [0.25, 0.3) is 0 Å². The largest absolute Gasteiger partial charge is 0.0654 e. The van der Waals surface area contributed by atoms with Gasteiger partial charge in [0.1, 0.15) is 0 Å². The van der Waals surface area contributed by atoms with Crippen molar-refractivity contribution in [3.63, 3.8) is 0 Å². The zero-order valence-corrected chi connectivity index (χ0v) is 10.8. The van der Waals surface area contributed by atoms with Crippen LogP contribution in [0.4, 0.5) is 0 Å². The smallest absolute Gasteiger partial charge is 0.0294 e. The third-order valence-corrected chi connectivity index (χ3v) is 3.89. The highest BCUT2D eigenvalue weighted by atomic mass is 14.5. The van der Waals surface area contributed by atoms with Crippen LogP contribution in [0, 0.1) is 16.7 Å². The summed E-state index contributed by atoms with van der Waals surface area (Å²) >= 11 is 0. The molecule has 0 amide bonds. The summed E-state index contributed by atoms with van der Waals surface area (Å²) in [7, 11) is 0. The first-order chi connectivity index (χ1) is 6.37. The lowest BCUT2D eigenvalue weighted by molar-refractivity contribution is 0.306. The Hall–Kier alpha value is 0. The van der Waals surface area contributed by atoms with E-state index in [1.807, 2.05) is 0 Å². The first-order valence-corrected chi connectivity index (χ1v) is 6.37. The van der Waals surface area contributed by atoms with Gasteiger partial charge in [-0.25, -0.2) is 0 Å². The molecule has 0 aromatic carbocycles. The standard InChI is InChI=1S/C14H28/c1-6-7-8-12-11-14(12,5)10-9-13(2,3)4/h12H,6-11H2,1-5H3. The van der Waals surface area contributed by atoms with Crippen molar-refractivity contribution in [2.24, 2.45) is 16.7 Å². The lowest BCUT2D eigenvalue weighted by atomic mass is 9.85. The first-order valence-electron chi connectivity index (χ1n) is 6.37. The van der Waals surface area contributed by atoms with E-state index in [0.29, 0.717) is 5.41 Å². The van der Waals surface area contributed by atoms with Crippen molar-refractivity contribution in [3.05, 3.63) is 0 Å². The molecule has 0 radical (unpaired) electrons. The summed E-state index contributed by atoms with van der Waals surface area (Å²) in [4.78, 5) is 0. The van der Waals surface area contributed by atoms with Crippen molar-refractivity contribution in [3.8, 4) is 0 Å². The van der Waals surface area contributed by atoms with Crippen molar-refractivity contribution < 1.29 is 0 Å². The van der Waals surface area contributed by atoms with Crippen LogP contribution in [0.15, 0.2) is 0 Å². The Kier molecular flexibility index (Phi) is 3.66. The molecule has 84 valence electrons. The van der Waals surface area contributed by atoms with Crippen LogP contribution in [-0.2, 0) is 0 Å². The molecule has 0 heteroatoms. The highest BCUT2D eigenvalue weighted by Gasteiger charge is 2.48. The van der Waals surface area contributed by atoms with Gasteiger partial charge in [0.05, 0.1) is 0 Å². The number of unbranched alkanes of at least 4 members (excludes halogenated alkanes) is 1. The van der Waals surface area contributed by atoms with Crippen LogP contribution < -0.4 is 0 Å². The van der Waals surface area contributed by atoms with Gasteiger partial charge in [-0.1, -0.05) is 47.5 Å². The molecule has 0 aliphatic heterocycles. The summed E-state index contributed by atoms with van der Waals surface area (Å²) in [5, 5.41) is 0. The van der Waals surface area contributed by atoms with Crippen molar-refractivity contribution in [2.45, 2.75) is 73.1 Å². The normalized spacial score (nSPS) is 31.9. The van der Waals surface area contributed by atoms with E-state index in [4.69, 9.17) is 0 Å². The molecule has 14 heavy (non-hydrogen) atoms. The molecule has 0 spiro atoms. The first kappa shape index (κ1) is 12.1. The van der Waals surface area contributed by atoms with Gasteiger partial charge in [0, 0.05) is 0 Å². The average molecular weight is 196 g/mol. The van der Waals surface area contributed by atoms with Gasteiger partial charge in [-0.3, -0.25) is 0 Å². The van der Waals surface area contributed by atoms with Crippen LogP contribution >= 0.6 is 0 Å². The molecule has 0 aromatic heterocycles. The molecule has 1 aliphatic rings. The highest BCUT2D eigenvalue weighted by Crippen LogP contribution is 2.58. The van der Waals surface area contributed by atoms with E-state index >= 15 is 0 Å². The van der Waals surface area contributed by atoms with Crippen molar-refractivity contribution in [2.75, 3.05) is 0 Å². The Balaban J connectivity index is 2.20. The zero-order valence-electron chi connectivity index (χ0n) is 10.8. The second-order valence-corrected chi connectivity index (χ2v) is 6.76. The van der Waals surface area contributed by atoms with E-state index in [-0.39, 0.29) is 0 Å². The third-order valence-electron chi connectivity index (χ3n) is 3.89. The molecular weight excluding hydrogens is 168 g/mol. The lowest BCUT2D eigenvalue weighted by Gasteiger charge is -2.21. The third kappa shape index (κ3) is 3.63. The van der Waals surface area contributed by atoms with E-state index in [2.05, 4.69) is 34.6 Å². The quantitative estimate of drug-likeness (QED) is 0.578. The molecule has 0 saturated heterocycles. The highest BCUT2D eigenvalue weighted by molar-refractivity contribution is 4.98. The molecular formula is C14H28. The van der Waals surface area contributed by atoms with Crippen LogP contribution in [0.2, 0.25) is 0 Å². The Morgan fingerprint density at radius 1 is 1.29 bits per heavy atom. The van der Waals surface area contributed by atoms with Crippen molar-refractivity contribution in [1.29, 1.82) is 0 Å². The SMILES string of the molecule is CCCCC1CC1(C)CCC(C)(C)C. The van der Waals surface area contributed by atoms with Gasteiger partial charge in [-0.05, 0) is 42.4 Å². The number of rotatable bonds is 5. The fourth-order valence-corrected chi connectivity index (χ4v) is 2.37. The van der Waals surface area contributed by atoms with E-state index in [1.165, 1.54) is 38.5 Å². The van der Waals surface area contributed by atoms with Gasteiger partial charge < -0.3 is 0 Å². The summed E-state index contributed by atoms with van der Waals surface area (Å²) in [5.41, 5.74) is 1.25. The fraction of sp³-hybridized carbons (Fsp3) is 1.00. The molecule has 0 heterocycles. The lowest BCUT2D eigenvalue weighted by Crippen LogP contribution is -2.09. The minimum absolute atomic E-state index is 0.529. The zero-order chi connectivity index (χ0) is 10.8. The molecule has 1 fully saturated rings. The molecule has 0 aromatic rings. The average Bonchev–Trinajstić information content (AvgIpc) is 2.70. The molecule has 2 atom stereocenters. The maximum Gasteiger partial charge on any atom is -0.0294 e. The maximum absolute atomic E-state index is 2.50. The molecule has 0 nitrogen and oxygen atoms in total. The Morgan fingerprint density at radius 2 is 1.93 bits per heavy atom. The predicted molar refractivity (Wildman–Crippen MR) is 64.4 cm³/mol. The number of hydrogen-bond donors (Lipinski definition) is 0. The van der Waals surface area contributed by atoms with Crippen LogP contribution in [-0.4, -0.2) is 0 Å². The fourth-order valence-electron chi connectivity index (χ4n) is 2.37. The van der Waals surface area contributed by atoms with Gasteiger partial charge >= 0.3 is 0 Å². The predicted octanol–water partition coefficient (Wildman–Crippen LogP) is 5.03. The van der Waals surface area contributed by atoms with Gasteiger partial charge in [-0.15, -0.1) is 0 Å². The van der Waals surface area contributed by atoms with Gasteiger partial charge in [0.15, 0.2) is 0 Å². The Labute approximate surface area is 90.5 Å². The van der Waals surface area contributed by atoms with Crippen molar-refractivity contribution in [1.82, 2.24) is 0 Å². The minimum Gasteiger partial charge on any atom is -0.0654 e. The van der Waals surface area contributed by atoms with Crippen molar-refractivity contribution >= 4 is 0 Å². The Morgan fingerprint density at radius 3 is 2.43 bits per heavy atom. The molecule has 1 rings (SSSR count). The summed E-state index contributed by atoms with van der Waals surface area (Å²) < 4.78 is 0. The molecule has 0 N–H and O–H groups in total. The second-order valence-electron chi connectivity index (χ2n) is 6.76. The van der Waals surface area contributed by atoms with Crippen LogP contribution in [0.1, 0.15) is 73.1 Å². The molecule has 0 bridgehead atoms. The maximum atomic E-state index is 2.50. The molecule has 1 saturated carbocycles. The number of hydrogen-bond acceptors (Lipinski definition) is 0. The summed E-state index contributed by atoms with van der Waals surface area (Å²) in [6, 6.07) is 0. The van der Waals surface area contributed by atoms with E-state index < -0.39 is 0 Å². The topological polar surface area (TPSA) is 0 Å². The van der Waals surface area contributed by atoms with E-state index in [9.17, 15) is 0 Å². The monoisotopic (exact) mass is 196 g/mol. The van der Waals surface area contributed by atoms with Gasteiger partial charge in [-0.2, -0.15) is 0 Å². The van der Waals surface area contributed by atoms with E-state index in [1.54, 1.807) is 0 Å². The summed E-state index contributed by atoms with van der Waals surface area (Å²) in [6.45, 7) is 11.9. The van der Waals surface area contributed by atoms with Gasteiger partial charge in [0.2, 0.25) is 0 Å². The van der Waals surface area contributed by atoms with Crippen LogP contribution in [0.3, 0.4) is 0 Å². The van der Waals surface area contributed by atoms with Crippen LogP contribution in [0.5, 0.6) is 0 Å². The summed E-state index contributed by atoms with van der Waals surface area (Å²) in [5.74, 6) is 1.06. The molecule has 1 aliphatic carbocycles.